The smallest absolute Gasteiger partial charge is 0.290 e. The van der Waals surface area contributed by atoms with Gasteiger partial charge in [0, 0.05) is 17.3 Å². The van der Waals surface area contributed by atoms with E-state index in [-0.39, 0.29) is 5.91 Å². The predicted molar refractivity (Wildman–Crippen MR) is 96.5 cm³/mol. The summed E-state index contributed by atoms with van der Waals surface area (Å²) in [5.74, 6) is -0.376. The van der Waals surface area contributed by atoms with Gasteiger partial charge in [-0.15, -0.1) is 0 Å². The van der Waals surface area contributed by atoms with Crippen molar-refractivity contribution in [1.82, 2.24) is 14.8 Å². The molecule has 2 aromatic heterocycles. The lowest BCUT2D eigenvalue weighted by Crippen LogP contribution is -2.20. The number of benzene rings is 1. The summed E-state index contributed by atoms with van der Waals surface area (Å²) in [6, 6.07) is 8.42. The second-order valence-electron chi connectivity index (χ2n) is 4.99. The Morgan fingerprint density at radius 1 is 1.21 bits per heavy atom. The number of hydrazone groups is 1. The average Bonchev–Trinajstić information content (AvgIpc) is 2.85. The molecule has 122 valence electrons. The van der Waals surface area contributed by atoms with Crippen LogP contribution in [0.5, 0.6) is 0 Å². The number of rotatable bonds is 3. The second-order valence-corrected chi connectivity index (χ2v) is 6.24. The van der Waals surface area contributed by atoms with Crippen molar-refractivity contribution in [3.05, 3.63) is 68.5 Å². The number of hydrogen-bond acceptors (Lipinski definition) is 3. The van der Waals surface area contributed by atoms with Crippen molar-refractivity contribution in [3.63, 3.8) is 0 Å². The fourth-order valence-corrected chi connectivity index (χ4v) is 2.68. The number of hydrogen-bond donors (Lipinski definition) is 1. The van der Waals surface area contributed by atoms with E-state index in [0.717, 1.165) is 0 Å². The van der Waals surface area contributed by atoms with E-state index in [9.17, 15) is 4.79 Å². The fourth-order valence-electron chi connectivity index (χ4n) is 2.22. The highest BCUT2D eigenvalue weighted by molar-refractivity contribution is 6.42. The minimum absolute atomic E-state index is 0.376. The number of carbonyl (C=O) groups is 1. The summed E-state index contributed by atoms with van der Waals surface area (Å²) in [7, 11) is 0. The van der Waals surface area contributed by atoms with Crippen molar-refractivity contribution in [2.45, 2.75) is 6.92 Å². The molecule has 1 aromatic carbocycles. The van der Waals surface area contributed by atoms with Gasteiger partial charge in [0.15, 0.2) is 0 Å². The summed E-state index contributed by atoms with van der Waals surface area (Å²) in [6.45, 7) is 1.75. The molecule has 24 heavy (non-hydrogen) atoms. The van der Waals surface area contributed by atoms with Gasteiger partial charge in [-0.1, -0.05) is 40.9 Å². The summed E-state index contributed by atoms with van der Waals surface area (Å²) in [5, 5.41) is 5.37. The first kappa shape index (κ1) is 16.8. The first-order valence-electron chi connectivity index (χ1n) is 6.88. The molecule has 0 bridgehead atoms. The van der Waals surface area contributed by atoms with Gasteiger partial charge in [0.05, 0.1) is 22.0 Å². The number of aryl methyl sites for hydroxylation is 1. The number of pyridine rings is 1. The topological polar surface area (TPSA) is 58.8 Å². The largest absolute Gasteiger partial charge is 0.295 e. The molecule has 0 saturated heterocycles. The Kier molecular flexibility index (Phi) is 4.76. The number of aromatic nitrogens is 2. The quantitative estimate of drug-likeness (QED) is 0.541. The first-order valence-corrected chi connectivity index (χ1v) is 8.02. The van der Waals surface area contributed by atoms with Crippen LogP contribution in [-0.4, -0.2) is 21.5 Å². The van der Waals surface area contributed by atoms with E-state index in [4.69, 9.17) is 34.8 Å². The molecule has 8 heteroatoms. The summed E-state index contributed by atoms with van der Waals surface area (Å²) >= 11 is 17.7. The van der Waals surface area contributed by atoms with Crippen LogP contribution in [0.1, 0.15) is 21.7 Å². The van der Waals surface area contributed by atoms with Crippen LogP contribution >= 0.6 is 34.8 Å². The Hall–Kier alpha value is -2.08. The van der Waals surface area contributed by atoms with Gasteiger partial charge in [-0.2, -0.15) is 5.10 Å². The van der Waals surface area contributed by atoms with Gasteiger partial charge in [-0.25, -0.2) is 10.4 Å². The van der Waals surface area contributed by atoms with Crippen molar-refractivity contribution in [3.8, 4) is 0 Å². The van der Waals surface area contributed by atoms with E-state index >= 15 is 0 Å². The number of halogens is 3. The van der Waals surface area contributed by atoms with Crippen LogP contribution in [-0.2, 0) is 0 Å². The number of nitrogens with one attached hydrogen (secondary N) is 1. The molecule has 0 aliphatic heterocycles. The lowest BCUT2D eigenvalue weighted by Gasteiger charge is -2.02. The molecule has 0 atom stereocenters. The van der Waals surface area contributed by atoms with Gasteiger partial charge >= 0.3 is 0 Å². The summed E-state index contributed by atoms with van der Waals surface area (Å²) < 4.78 is 1.66. The standard InChI is InChI=1S/C16H11Cl3N4O/c1-9-15(23-5-4-11(17)7-14(23)21-9)16(24)22-20-8-10-2-3-12(18)13(19)6-10/h2-8H,1H3,(H,22,24)/b20-8-. The molecule has 3 aromatic rings. The lowest BCUT2D eigenvalue weighted by atomic mass is 10.2. The summed E-state index contributed by atoms with van der Waals surface area (Å²) in [5.41, 5.74) is 4.77. The van der Waals surface area contributed by atoms with Gasteiger partial charge in [0.25, 0.3) is 5.91 Å². The molecule has 1 N–H and O–H groups in total. The van der Waals surface area contributed by atoms with Crippen molar-refractivity contribution in [2.24, 2.45) is 5.10 Å². The van der Waals surface area contributed by atoms with Gasteiger partial charge < -0.3 is 0 Å². The van der Waals surface area contributed by atoms with E-state index in [1.807, 2.05) is 0 Å². The van der Waals surface area contributed by atoms with Crippen molar-refractivity contribution >= 4 is 52.6 Å². The number of imidazole rings is 1. The number of carbonyl (C=O) groups excluding carboxylic acids is 1. The Bertz CT molecular complexity index is 965. The van der Waals surface area contributed by atoms with E-state index in [0.29, 0.717) is 37.7 Å². The third kappa shape index (κ3) is 3.38. The Morgan fingerprint density at radius 2 is 2.00 bits per heavy atom. The number of fused-ring (bicyclic) bond motifs is 1. The molecule has 0 radical (unpaired) electrons. The van der Waals surface area contributed by atoms with Crippen LogP contribution < -0.4 is 5.43 Å². The molecular weight excluding hydrogens is 371 g/mol. The van der Waals surface area contributed by atoms with E-state index in [2.05, 4.69) is 15.5 Å². The zero-order valence-corrected chi connectivity index (χ0v) is 14.7. The van der Waals surface area contributed by atoms with E-state index in [1.54, 1.807) is 47.9 Å². The lowest BCUT2D eigenvalue weighted by molar-refractivity contribution is 0.0948. The first-order chi connectivity index (χ1) is 11.5. The highest BCUT2D eigenvalue weighted by Gasteiger charge is 2.16. The van der Waals surface area contributed by atoms with Gasteiger partial charge in [0.2, 0.25) is 0 Å². The van der Waals surface area contributed by atoms with E-state index in [1.165, 1.54) is 6.21 Å². The maximum absolute atomic E-state index is 12.4. The van der Waals surface area contributed by atoms with Crippen LogP contribution in [0.4, 0.5) is 0 Å². The minimum atomic E-state index is -0.376. The third-order valence-electron chi connectivity index (χ3n) is 3.30. The summed E-state index contributed by atoms with van der Waals surface area (Å²) in [6.07, 6.45) is 3.17. The minimum Gasteiger partial charge on any atom is -0.295 e. The SMILES string of the molecule is Cc1nc2cc(Cl)ccn2c1C(=O)N/N=C\c1ccc(Cl)c(Cl)c1. The molecule has 1 amide bonds. The average molecular weight is 382 g/mol. The third-order valence-corrected chi connectivity index (χ3v) is 4.28. The normalized spacial score (nSPS) is 11.3. The molecular formula is C16H11Cl3N4O. The van der Waals surface area contributed by atoms with Gasteiger partial charge in [-0.05, 0) is 30.7 Å². The molecule has 0 spiro atoms. The molecule has 5 nitrogen and oxygen atoms in total. The fraction of sp³-hybridized carbons (Fsp3) is 0.0625. The second kappa shape index (κ2) is 6.81. The van der Waals surface area contributed by atoms with Crippen LogP contribution in [0.25, 0.3) is 5.65 Å². The highest BCUT2D eigenvalue weighted by Crippen LogP contribution is 2.21. The van der Waals surface area contributed by atoms with Gasteiger partial charge in [0.1, 0.15) is 11.3 Å². The number of nitrogens with zero attached hydrogens (tertiary/aromatic N) is 3. The Morgan fingerprint density at radius 3 is 2.75 bits per heavy atom. The molecule has 0 aliphatic carbocycles. The van der Waals surface area contributed by atoms with Crippen LogP contribution in [0, 0.1) is 6.92 Å². The van der Waals surface area contributed by atoms with Crippen molar-refractivity contribution in [1.29, 1.82) is 0 Å². The number of amides is 1. The molecule has 3 rings (SSSR count). The van der Waals surface area contributed by atoms with E-state index < -0.39 is 0 Å². The van der Waals surface area contributed by atoms with Crippen LogP contribution in [0.15, 0.2) is 41.6 Å². The van der Waals surface area contributed by atoms with Crippen molar-refractivity contribution < 1.29 is 4.79 Å². The Balaban J connectivity index is 1.81. The monoisotopic (exact) mass is 380 g/mol. The molecule has 2 heterocycles. The molecule has 0 fully saturated rings. The maximum atomic E-state index is 12.4. The van der Waals surface area contributed by atoms with Crippen LogP contribution in [0.3, 0.4) is 0 Å². The molecule has 0 saturated carbocycles. The highest BCUT2D eigenvalue weighted by atomic mass is 35.5. The Labute approximate surface area is 152 Å². The zero-order chi connectivity index (χ0) is 17.3. The predicted octanol–water partition coefficient (Wildman–Crippen LogP) is 4.37. The zero-order valence-electron chi connectivity index (χ0n) is 12.4. The summed E-state index contributed by atoms with van der Waals surface area (Å²) in [4.78, 5) is 16.7. The van der Waals surface area contributed by atoms with Crippen LogP contribution in [0.2, 0.25) is 15.1 Å². The molecule has 0 unspecified atom stereocenters. The molecule has 0 aliphatic rings. The maximum Gasteiger partial charge on any atom is 0.290 e. The van der Waals surface area contributed by atoms with Crippen molar-refractivity contribution in [2.75, 3.05) is 0 Å². The van der Waals surface area contributed by atoms with Gasteiger partial charge in [-0.3, -0.25) is 9.20 Å².